The number of aryl methyl sites for hydroxylation is 4. The minimum absolute atomic E-state index is 0.0170. The average molecular weight is 642 g/mol. The Morgan fingerprint density at radius 1 is 0.652 bits per heavy atom. The third-order valence-electron chi connectivity index (χ3n) is 7.40. The lowest BCUT2D eigenvalue weighted by molar-refractivity contribution is 0.216. The Morgan fingerprint density at radius 2 is 1.07 bits per heavy atom. The van der Waals surface area contributed by atoms with E-state index in [1.54, 1.807) is 19.9 Å². The average Bonchev–Trinajstić information content (AvgIpc) is 2.97. The summed E-state index contributed by atoms with van der Waals surface area (Å²) in [7, 11) is 1.39. The normalized spacial score (nSPS) is 11.0. The molecular formula is C38H44ClN3O4. The summed E-state index contributed by atoms with van der Waals surface area (Å²) in [5.41, 5.74) is 7.84. The maximum absolute atomic E-state index is 11.1. The monoisotopic (exact) mass is 641 g/mol. The predicted molar refractivity (Wildman–Crippen MR) is 187 cm³/mol. The first-order valence-electron chi connectivity index (χ1n) is 15.1. The second-order valence-electron chi connectivity index (χ2n) is 12.1. The summed E-state index contributed by atoms with van der Waals surface area (Å²) < 4.78 is 3.72. The highest BCUT2D eigenvalue weighted by atomic mass is 35.5. The van der Waals surface area contributed by atoms with Crippen LogP contribution in [0.2, 0.25) is 0 Å². The Bertz CT molecular complexity index is 1700. The van der Waals surface area contributed by atoms with Crippen LogP contribution in [-0.4, -0.2) is 43.5 Å². The second kappa shape index (κ2) is 15.8. The van der Waals surface area contributed by atoms with E-state index in [0.717, 1.165) is 38.9 Å². The molecule has 4 aromatic carbocycles. The van der Waals surface area contributed by atoms with Gasteiger partial charge in [-0.2, -0.15) is 0 Å². The Kier molecular flexibility index (Phi) is 12.4. The molecule has 0 aliphatic carbocycles. The lowest BCUT2D eigenvalue weighted by atomic mass is 9.77. The van der Waals surface area contributed by atoms with Crippen LogP contribution in [0.5, 0.6) is 11.5 Å². The van der Waals surface area contributed by atoms with Gasteiger partial charge in [-0.05, 0) is 64.3 Å². The fourth-order valence-corrected chi connectivity index (χ4v) is 5.13. The molecule has 0 saturated carbocycles. The molecule has 3 N–H and O–H groups in total. The van der Waals surface area contributed by atoms with Gasteiger partial charge in [-0.1, -0.05) is 91.7 Å². The summed E-state index contributed by atoms with van der Waals surface area (Å²) in [4.78, 5) is 14.6. The summed E-state index contributed by atoms with van der Waals surface area (Å²) in [5.74, 6) is 1.33. The number of hydrogen-bond acceptors (Lipinski definition) is 7. The molecule has 1 aromatic heterocycles. The van der Waals surface area contributed by atoms with Crippen molar-refractivity contribution in [3.8, 4) is 45.7 Å². The molecule has 5 rings (SSSR count). The highest BCUT2D eigenvalue weighted by molar-refractivity contribution is 6.07. The van der Waals surface area contributed by atoms with Crippen molar-refractivity contribution in [3.63, 3.8) is 0 Å². The maximum atomic E-state index is 11.1. The molecule has 0 aliphatic rings. The van der Waals surface area contributed by atoms with Crippen LogP contribution in [0.15, 0.2) is 78.9 Å². The van der Waals surface area contributed by atoms with Gasteiger partial charge in [-0.15, -0.1) is 0 Å². The molecule has 0 amide bonds. The van der Waals surface area contributed by atoms with E-state index in [1.165, 1.54) is 13.2 Å². The second-order valence-corrected chi connectivity index (χ2v) is 12.4. The summed E-state index contributed by atoms with van der Waals surface area (Å²) in [6.07, 6.45) is -0.167. The molecule has 0 unspecified atom stereocenters. The van der Waals surface area contributed by atoms with Gasteiger partial charge in [0, 0.05) is 34.3 Å². The quantitative estimate of drug-likeness (QED) is 0.176. The summed E-state index contributed by atoms with van der Waals surface area (Å²) in [5, 5.41) is 30.0. The van der Waals surface area contributed by atoms with Crippen LogP contribution >= 0.6 is 11.9 Å². The molecule has 242 valence electrons. The molecule has 0 aliphatic heterocycles. The minimum Gasteiger partial charge on any atom is -0.507 e. The number of hydrogen-bond donors (Lipinski definition) is 3. The van der Waals surface area contributed by atoms with Gasteiger partial charge < -0.3 is 15.3 Å². The van der Waals surface area contributed by atoms with Gasteiger partial charge in [-0.3, -0.25) is 4.29 Å². The molecule has 5 aromatic rings. The zero-order chi connectivity index (χ0) is 34.2. The molecule has 0 radical (unpaired) electrons. The molecule has 0 bridgehead atoms. The van der Waals surface area contributed by atoms with Crippen molar-refractivity contribution in [1.82, 2.24) is 15.0 Å². The molecule has 46 heavy (non-hydrogen) atoms. The van der Waals surface area contributed by atoms with Crippen molar-refractivity contribution >= 4 is 11.9 Å². The number of aromatic hydroxyl groups is 2. The molecular weight excluding hydrogens is 598 g/mol. The Balaban J connectivity index is 0.000000751. The predicted octanol–water partition coefficient (Wildman–Crippen LogP) is 9.02. The highest BCUT2D eigenvalue weighted by Gasteiger charge is 2.28. The number of phenolic OH excluding ortho intramolecular Hbond substituents is 2. The molecule has 7 nitrogen and oxygen atoms in total. The fraction of sp³-hybridized carbons (Fsp3) is 0.289. The smallest absolute Gasteiger partial charge is 0.167 e. The summed E-state index contributed by atoms with van der Waals surface area (Å²) >= 11 is 4.50. The van der Waals surface area contributed by atoms with Gasteiger partial charge in [0.2, 0.25) is 0 Å². The van der Waals surface area contributed by atoms with E-state index < -0.39 is 5.41 Å². The first kappa shape index (κ1) is 36.2. The minimum atomic E-state index is -0.534. The third-order valence-corrected chi connectivity index (χ3v) is 7.40. The van der Waals surface area contributed by atoms with Crippen molar-refractivity contribution < 1.29 is 19.6 Å². The van der Waals surface area contributed by atoms with Gasteiger partial charge >= 0.3 is 0 Å². The summed E-state index contributed by atoms with van der Waals surface area (Å²) in [6, 6.07) is 25.5. The lowest BCUT2D eigenvalue weighted by Crippen LogP contribution is -2.19. The van der Waals surface area contributed by atoms with Crippen LogP contribution in [0.25, 0.3) is 34.2 Å². The van der Waals surface area contributed by atoms with Crippen LogP contribution in [0.4, 0.5) is 0 Å². The topological polar surface area (TPSA) is 109 Å². The van der Waals surface area contributed by atoms with E-state index in [2.05, 4.69) is 42.1 Å². The standard InChI is InChI=1S/C34H33N3O2.C3H8O.CH3ClO/c1-20-12-14-25(22(3)16-20)31-35-32(26-15-13-21(2)17-23(26)4)37-33(36-31)27-18-28(30(39)19-29(27)38)34(5,6)24-10-8-7-9-11-24;1-3(2)4;1-3-2/h7-19,38-39H,1-6H3;3-4H,1-2H3;1H3. The highest BCUT2D eigenvalue weighted by Crippen LogP contribution is 2.42. The van der Waals surface area contributed by atoms with Crippen LogP contribution in [-0.2, 0) is 9.70 Å². The zero-order valence-electron chi connectivity index (χ0n) is 28.1. The van der Waals surface area contributed by atoms with Crippen molar-refractivity contribution in [2.75, 3.05) is 7.11 Å². The third kappa shape index (κ3) is 8.91. The van der Waals surface area contributed by atoms with Crippen molar-refractivity contribution in [3.05, 3.63) is 112 Å². The largest absolute Gasteiger partial charge is 0.507 e. The van der Waals surface area contributed by atoms with Crippen LogP contribution in [0.1, 0.15) is 61.1 Å². The fourth-order valence-electron chi connectivity index (χ4n) is 5.13. The van der Waals surface area contributed by atoms with Crippen molar-refractivity contribution in [2.45, 2.75) is 66.9 Å². The molecule has 0 fully saturated rings. The number of aliphatic hydroxyl groups is 1. The Morgan fingerprint density at radius 3 is 1.48 bits per heavy atom. The molecule has 1 heterocycles. The van der Waals surface area contributed by atoms with Crippen molar-refractivity contribution in [2.24, 2.45) is 0 Å². The van der Waals surface area contributed by atoms with Gasteiger partial charge in [-0.25, -0.2) is 15.0 Å². The number of rotatable bonds is 5. The van der Waals surface area contributed by atoms with Crippen LogP contribution in [0, 0.1) is 27.7 Å². The van der Waals surface area contributed by atoms with E-state index in [9.17, 15) is 10.2 Å². The van der Waals surface area contributed by atoms with Gasteiger partial charge in [0.05, 0.1) is 24.5 Å². The van der Waals surface area contributed by atoms with Crippen molar-refractivity contribution in [1.29, 1.82) is 0 Å². The van der Waals surface area contributed by atoms with Gasteiger partial charge in [0.1, 0.15) is 11.5 Å². The first-order valence-corrected chi connectivity index (χ1v) is 15.4. The molecule has 8 heteroatoms. The number of benzene rings is 4. The van der Waals surface area contributed by atoms with E-state index in [4.69, 9.17) is 20.1 Å². The van der Waals surface area contributed by atoms with E-state index in [-0.39, 0.29) is 17.6 Å². The first-order chi connectivity index (χ1) is 21.7. The SMILES string of the molecule is CC(C)O.COCl.Cc1ccc(-c2nc(-c3ccc(C)cc3C)nc(-c3cc(C(C)(C)c4ccccc4)c(O)cc3O)n2)c(C)c1. The summed E-state index contributed by atoms with van der Waals surface area (Å²) in [6.45, 7) is 15.7. The van der Waals surface area contributed by atoms with E-state index in [0.29, 0.717) is 28.6 Å². The maximum Gasteiger partial charge on any atom is 0.167 e. The van der Waals surface area contributed by atoms with Gasteiger partial charge in [0.25, 0.3) is 0 Å². The number of aliphatic hydroxyl groups excluding tert-OH is 1. The number of aromatic nitrogens is 3. The zero-order valence-corrected chi connectivity index (χ0v) is 28.8. The van der Waals surface area contributed by atoms with Crippen LogP contribution in [0.3, 0.4) is 0 Å². The molecule has 0 saturated heterocycles. The van der Waals surface area contributed by atoms with E-state index in [1.807, 2.05) is 82.3 Å². The lowest BCUT2D eigenvalue weighted by Gasteiger charge is -2.27. The molecule has 0 spiro atoms. The number of nitrogens with zero attached hydrogens (tertiary/aromatic N) is 3. The Labute approximate surface area is 277 Å². The number of halogens is 1. The molecule has 0 atom stereocenters. The Hall–Kier alpha value is -4.30. The number of phenols is 2. The van der Waals surface area contributed by atoms with E-state index >= 15 is 0 Å². The van der Waals surface area contributed by atoms with Crippen LogP contribution < -0.4 is 0 Å². The van der Waals surface area contributed by atoms with Gasteiger partial charge in [0.15, 0.2) is 17.5 Å².